The van der Waals surface area contributed by atoms with Crippen molar-refractivity contribution in [3.63, 3.8) is 0 Å². The lowest BCUT2D eigenvalue weighted by atomic mass is 10.0. The van der Waals surface area contributed by atoms with Gasteiger partial charge in [0.05, 0.1) is 23.7 Å². The van der Waals surface area contributed by atoms with Crippen LogP contribution in [0.3, 0.4) is 0 Å². The molecule has 0 saturated heterocycles. The number of hydroxylamine groups is 2. The quantitative estimate of drug-likeness (QED) is 0.165. The summed E-state index contributed by atoms with van der Waals surface area (Å²) in [5, 5.41) is 9.85. The van der Waals surface area contributed by atoms with E-state index in [0.29, 0.717) is 22.7 Å². The summed E-state index contributed by atoms with van der Waals surface area (Å²) < 4.78 is 38.8. The molecule has 180 valence electrons. The van der Waals surface area contributed by atoms with Crippen LogP contribution >= 0.6 is 0 Å². The Balaban J connectivity index is 2.08. The van der Waals surface area contributed by atoms with Gasteiger partial charge in [0.15, 0.2) is 0 Å². The highest BCUT2D eigenvalue weighted by Crippen LogP contribution is 2.30. The van der Waals surface area contributed by atoms with Gasteiger partial charge in [0.25, 0.3) is 0 Å². The fourth-order valence-electron chi connectivity index (χ4n) is 3.30. The Bertz CT molecular complexity index is 994. The first-order valence-corrected chi connectivity index (χ1v) is 10.5. The first kappa shape index (κ1) is 25.9. The fourth-order valence-corrected chi connectivity index (χ4v) is 3.30. The molecule has 0 fully saturated rings. The molecule has 0 aliphatic rings. The SMILES string of the molecule is CCCCC[C@H](CN(O)C=O)C(=O)NNc1cc(Cc2cccc(C(F)(F)F)c2)[nH]c(=O)c1. The van der Waals surface area contributed by atoms with Gasteiger partial charge < -0.3 is 4.98 Å². The van der Waals surface area contributed by atoms with E-state index in [1.165, 1.54) is 24.3 Å². The topological polar surface area (TPSA) is 115 Å². The van der Waals surface area contributed by atoms with Crippen molar-refractivity contribution in [3.8, 4) is 0 Å². The summed E-state index contributed by atoms with van der Waals surface area (Å²) in [7, 11) is 0. The number of carbonyl (C=O) groups excluding carboxylic acids is 2. The van der Waals surface area contributed by atoms with Gasteiger partial charge in [-0.2, -0.15) is 13.2 Å². The second-order valence-corrected chi connectivity index (χ2v) is 7.67. The van der Waals surface area contributed by atoms with Crippen molar-refractivity contribution >= 4 is 18.0 Å². The molecule has 8 nitrogen and oxygen atoms in total. The minimum atomic E-state index is -4.47. The van der Waals surface area contributed by atoms with Gasteiger partial charge in [-0.25, -0.2) is 5.06 Å². The minimum absolute atomic E-state index is 0.0427. The third kappa shape index (κ3) is 8.60. The van der Waals surface area contributed by atoms with Crippen LogP contribution in [-0.4, -0.2) is 34.1 Å². The van der Waals surface area contributed by atoms with Crippen molar-refractivity contribution in [1.29, 1.82) is 0 Å². The zero-order valence-corrected chi connectivity index (χ0v) is 18.1. The number of hydrogen-bond acceptors (Lipinski definition) is 5. The highest BCUT2D eigenvalue weighted by molar-refractivity contribution is 5.80. The first-order valence-electron chi connectivity index (χ1n) is 10.5. The van der Waals surface area contributed by atoms with Crippen LogP contribution in [0.5, 0.6) is 0 Å². The maximum absolute atomic E-state index is 12.9. The molecule has 2 amide bonds. The van der Waals surface area contributed by atoms with Gasteiger partial charge in [0.2, 0.25) is 17.9 Å². The number of hydrogen-bond donors (Lipinski definition) is 4. The van der Waals surface area contributed by atoms with Crippen LogP contribution in [0.25, 0.3) is 0 Å². The number of aromatic amines is 1. The Kier molecular flexibility index (Phi) is 9.46. The zero-order chi connectivity index (χ0) is 24.4. The van der Waals surface area contributed by atoms with Crippen molar-refractivity contribution in [1.82, 2.24) is 15.5 Å². The molecule has 1 aromatic heterocycles. The van der Waals surface area contributed by atoms with E-state index >= 15 is 0 Å². The molecule has 1 aromatic carbocycles. The number of aromatic nitrogens is 1. The molecule has 2 aromatic rings. The van der Waals surface area contributed by atoms with Gasteiger partial charge in [-0.15, -0.1) is 0 Å². The summed E-state index contributed by atoms with van der Waals surface area (Å²) >= 11 is 0. The number of benzene rings is 1. The molecule has 1 atom stereocenters. The van der Waals surface area contributed by atoms with Gasteiger partial charge in [0.1, 0.15) is 0 Å². The van der Waals surface area contributed by atoms with Crippen LogP contribution < -0.4 is 16.4 Å². The Labute approximate surface area is 188 Å². The number of rotatable bonds is 12. The summed E-state index contributed by atoms with van der Waals surface area (Å²) in [5.74, 6) is -1.16. The monoisotopic (exact) mass is 468 g/mol. The molecule has 0 aliphatic carbocycles. The predicted octanol–water partition coefficient (Wildman–Crippen LogP) is 3.47. The second kappa shape index (κ2) is 12.0. The van der Waals surface area contributed by atoms with E-state index < -0.39 is 29.1 Å². The molecule has 0 unspecified atom stereocenters. The van der Waals surface area contributed by atoms with Crippen LogP contribution in [-0.2, 0) is 22.2 Å². The smallest absolute Gasteiger partial charge is 0.326 e. The average Bonchev–Trinajstić information content (AvgIpc) is 2.76. The van der Waals surface area contributed by atoms with Crippen LogP contribution in [0, 0.1) is 5.92 Å². The van der Waals surface area contributed by atoms with E-state index in [2.05, 4.69) is 15.8 Å². The maximum Gasteiger partial charge on any atom is 0.416 e. The summed E-state index contributed by atoms with van der Waals surface area (Å²) in [6, 6.07) is 7.47. The lowest BCUT2D eigenvalue weighted by Gasteiger charge is -2.20. The van der Waals surface area contributed by atoms with Gasteiger partial charge in [-0.1, -0.05) is 44.4 Å². The van der Waals surface area contributed by atoms with Crippen LogP contribution in [0.2, 0.25) is 0 Å². The molecular formula is C22H27F3N4O4. The van der Waals surface area contributed by atoms with Crippen molar-refractivity contribution < 1.29 is 28.0 Å². The van der Waals surface area contributed by atoms with Crippen molar-refractivity contribution in [2.45, 2.75) is 45.2 Å². The van der Waals surface area contributed by atoms with Crippen molar-refractivity contribution in [2.75, 3.05) is 12.0 Å². The molecular weight excluding hydrogens is 441 g/mol. The van der Waals surface area contributed by atoms with E-state index in [9.17, 15) is 32.8 Å². The number of nitrogens with one attached hydrogen (secondary N) is 3. The summed E-state index contributed by atoms with van der Waals surface area (Å²) in [6.45, 7) is 1.82. The highest BCUT2D eigenvalue weighted by Gasteiger charge is 2.30. The van der Waals surface area contributed by atoms with Gasteiger partial charge in [-0.05, 0) is 24.1 Å². The van der Waals surface area contributed by atoms with Gasteiger partial charge in [0, 0.05) is 18.2 Å². The lowest BCUT2D eigenvalue weighted by molar-refractivity contribution is -0.154. The third-order valence-corrected chi connectivity index (χ3v) is 4.94. The number of H-pyrrole nitrogens is 1. The first-order chi connectivity index (χ1) is 15.6. The number of carbonyl (C=O) groups is 2. The lowest BCUT2D eigenvalue weighted by Crippen LogP contribution is -2.40. The number of unbranched alkanes of at least 4 members (excludes halogenated alkanes) is 2. The molecule has 1 heterocycles. The number of pyridine rings is 1. The molecule has 4 N–H and O–H groups in total. The van der Waals surface area contributed by atoms with Crippen LogP contribution in [0.1, 0.15) is 49.4 Å². The molecule has 2 rings (SSSR count). The maximum atomic E-state index is 12.9. The van der Waals surface area contributed by atoms with E-state index in [1.54, 1.807) is 0 Å². The summed E-state index contributed by atoms with van der Waals surface area (Å²) in [6.07, 6.45) is -1.22. The van der Waals surface area contributed by atoms with E-state index in [1.807, 2.05) is 6.92 Å². The fraction of sp³-hybridized carbons (Fsp3) is 0.409. The molecule has 0 bridgehead atoms. The van der Waals surface area contributed by atoms with Crippen molar-refractivity contribution in [3.05, 3.63) is 63.6 Å². The van der Waals surface area contributed by atoms with Crippen LogP contribution in [0.4, 0.5) is 18.9 Å². The zero-order valence-electron chi connectivity index (χ0n) is 18.1. The Morgan fingerprint density at radius 1 is 1.24 bits per heavy atom. The molecule has 0 radical (unpaired) electrons. The summed E-state index contributed by atoms with van der Waals surface area (Å²) in [4.78, 5) is 37.8. The van der Waals surface area contributed by atoms with Gasteiger partial charge in [-0.3, -0.25) is 30.4 Å². The largest absolute Gasteiger partial charge is 0.416 e. The average molecular weight is 468 g/mol. The molecule has 0 saturated carbocycles. The van der Waals surface area contributed by atoms with E-state index in [4.69, 9.17) is 0 Å². The Morgan fingerprint density at radius 3 is 2.67 bits per heavy atom. The number of amides is 2. The molecule has 11 heteroatoms. The minimum Gasteiger partial charge on any atom is -0.326 e. The predicted molar refractivity (Wildman–Crippen MR) is 115 cm³/mol. The summed E-state index contributed by atoms with van der Waals surface area (Å²) in [5.41, 5.74) is 4.73. The molecule has 33 heavy (non-hydrogen) atoms. The Hall–Kier alpha value is -3.34. The number of anilines is 1. The highest BCUT2D eigenvalue weighted by atomic mass is 19.4. The second-order valence-electron chi connectivity index (χ2n) is 7.67. The van der Waals surface area contributed by atoms with E-state index in [0.717, 1.165) is 31.4 Å². The normalized spacial score (nSPS) is 12.2. The van der Waals surface area contributed by atoms with Gasteiger partial charge >= 0.3 is 6.18 Å². The number of hydrazine groups is 1. The molecule has 0 spiro atoms. The molecule has 0 aliphatic heterocycles. The number of alkyl halides is 3. The van der Waals surface area contributed by atoms with Crippen molar-refractivity contribution in [2.24, 2.45) is 5.92 Å². The third-order valence-electron chi connectivity index (χ3n) is 4.94. The number of halogens is 3. The Morgan fingerprint density at radius 2 is 2.00 bits per heavy atom. The number of nitrogens with zero attached hydrogens (tertiary/aromatic N) is 1. The standard InChI is InChI=1S/C22H27F3N4O4/c1-2-3-4-7-16(13-29(33)14-30)21(32)28-27-19-11-18(26-20(31)12-19)10-15-6-5-8-17(9-15)22(23,24)25/h5-6,8-9,11-12,14,16,33H,2-4,7,10,13H2,1H3,(H,28,32)(H2,26,27,31)/t16-/m1/s1. The van der Waals surface area contributed by atoms with E-state index in [-0.39, 0.29) is 25.1 Å². The van der Waals surface area contributed by atoms with Crippen LogP contribution in [0.15, 0.2) is 41.2 Å².